The van der Waals surface area contributed by atoms with Gasteiger partial charge in [-0.3, -0.25) is 4.79 Å². The molecule has 0 spiro atoms. The number of carbonyl (C=O) groups is 1. The van der Waals surface area contributed by atoms with Crippen LogP contribution in [-0.4, -0.2) is 64.0 Å². The van der Waals surface area contributed by atoms with E-state index in [9.17, 15) is 13.2 Å². The van der Waals surface area contributed by atoms with Gasteiger partial charge in [-0.2, -0.15) is 0 Å². The van der Waals surface area contributed by atoms with Gasteiger partial charge >= 0.3 is 0 Å². The monoisotopic (exact) mass is 424 g/mol. The third-order valence-electron chi connectivity index (χ3n) is 4.31. The fourth-order valence-corrected chi connectivity index (χ4v) is 3.82. The SMILES string of the molecule is CN(C)S(=O)(=O)c1ccc(N2CCOCC2)c(C(=O)Nc2ccc(Cl)cn2)c1. The highest BCUT2D eigenvalue weighted by molar-refractivity contribution is 7.89. The normalized spacial score (nSPS) is 14.9. The van der Waals surface area contributed by atoms with E-state index in [4.69, 9.17) is 16.3 Å². The predicted molar refractivity (Wildman–Crippen MR) is 108 cm³/mol. The van der Waals surface area contributed by atoms with Crippen LogP contribution in [0, 0.1) is 0 Å². The van der Waals surface area contributed by atoms with Crippen molar-refractivity contribution in [2.24, 2.45) is 0 Å². The number of ether oxygens (including phenoxy) is 1. The predicted octanol–water partition coefficient (Wildman–Crippen LogP) is 2.07. The van der Waals surface area contributed by atoms with Gasteiger partial charge in [0.15, 0.2) is 0 Å². The summed E-state index contributed by atoms with van der Waals surface area (Å²) >= 11 is 5.83. The van der Waals surface area contributed by atoms with Crippen LogP contribution < -0.4 is 10.2 Å². The molecule has 1 saturated heterocycles. The van der Waals surface area contributed by atoms with Crippen molar-refractivity contribution in [3.8, 4) is 0 Å². The molecule has 0 saturated carbocycles. The molecule has 2 heterocycles. The molecule has 1 aromatic heterocycles. The number of amides is 1. The number of sulfonamides is 1. The van der Waals surface area contributed by atoms with E-state index in [0.717, 1.165) is 4.31 Å². The summed E-state index contributed by atoms with van der Waals surface area (Å²) in [7, 11) is -0.788. The summed E-state index contributed by atoms with van der Waals surface area (Å²) in [5.74, 6) is -0.129. The van der Waals surface area contributed by atoms with Gasteiger partial charge in [-0.15, -0.1) is 0 Å². The minimum Gasteiger partial charge on any atom is -0.378 e. The number of pyridine rings is 1. The van der Waals surface area contributed by atoms with Gasteiger partial charge in [-0.25, -0.2) is 17.7 Å². The number of nitrogens with one attached hydrogen (secondary N) is 1. The largest absolute Gasteiger partial charge is 0.378 e. The van der Waals surface area contributed by atoms with Crippen LogP contribution in [0.4, 0.5) is 11.5 Å². The number of benzene rings is 1. The fourth-order valence-electron chi connectivity index (χ4n) is 2.78. The highest BCUT2D eigenvalue weighted by Gasteiger charge is 2.24. The molecule has 1 amide bonds. The Hall–Kier alpha value is -2.20. The first-order valence-electron chi connectivity index (χ1n) is 8.61. The maximum atomic E-state index is 13.0. The number of rotatable bonds is 5. The second-order valence-corrected chi connectivity index (χ2v) is 8.97. The van der Waals surface area contributed by atoms with Crippen LogP contribution in [0.3, 0.4) is 0 Å². The van der Waals surface area contributed by atoms with Crippen LogP contribution in [0.5, 0.6) is 0 Å². The van der Waals surface area contributed by atoms with Gasteiger partial charge in [0.25, 0.3) is 5.91 Å². The van der Waals surface area contributed by atoms with Crippen LogP contribution in [0.2, 0.25) is 5.02 Å². The number of aromatic nitrogens is 1. The van der Waals surface area contributed by atoms with Gasteiger partial charge in [0.1, 0.15) is 5.82 Å². The Morgan fingerprint density at radius 1 is 1.21 bits per heavy atom. The Balaban J connectivity index is 2.00. The van der Waals surface area contributed by atoms with Gasteiger partial charge in [0.05, 0.1) is 28.7 Å². The molecule has 0 unspecified atom stereocenters. The topological polar surface area (TPSA) is 91.8 Å². The van der Waals surface area contributed by atoms with Crippen molar-refractivity contribution < 1.29 is 17.9 Å². The number of halogens is 1. The quantitative estimate of drug-likeness (QED) is 0.790. The maximum absolute atomic E-state index is 13.0. The Labute approximate surface area is 169 Å². The molecule has 1 aliphatic heterocycles. The van der Waals surface area contributed by atoms with Crippen LogP contribution >= 0.6 is 11.6 Å². The molecule has 28 heavy (non-hydrogen) atoms. The number of anilines is 2. The molecule has 1 N–H and O–H groups in total. The third kappa shape index (κ3) is 4.44. The van der Waals surface area contributed by atoms with Gasteiger partial charge in [-0.1, -0.05) is 11.6 Å². The smallest absolute Gasteiger partial charge is 0.258 e. The van der Waals surface area contributed by atoms with Crippen LogP contribution in [0.15, 0.2) is 41.4 Å². The van der Waals surface area contributed by atoms with E-state index in [2.05, 4.69) is 10.3 Å². The molecule has 0 atom stereocenters. The standard InChI is InChI=1S/C18H21ClN4O4S/c1-22(2)28(25,26)14-4-5-16(23-7-9-27-10-8-23)15(11-14)18(24)21-17-6-3-13(19)12-20-17/h3-6,11-12H,7-10H2,1-2H3,(H,20,21,24). The highest BCUT2D eigenvalue weighted by Crippen LogP contribution is 2.27. The minimum absolute atomic E-state index is 0.0451. The summed E-state index contributed by atoms with van der Waals surface area (Å²) in [5, 5.41) is 3.15. The van der Waals surface area contributed by atoms with E-state index in [1.165, 1.54) is 32.4 Å². The zero-order chi connectivity index (χ0) is 20.3. The summed E-state index contributed by atoms with van der Waals surface area (Å²) in [5.41, 5.74) is 0.897. The molecule has 2 aromatic rings. The Kier molecular flexibility index (Phi) is 6.19. The van der Waals surface area contributed by atoms with E-state index in [-0.39, 0.29) is 10.5 Å². The molecular formula is C18H21ClN4O4S. The van der Waals surface area contributed by atoms with E-state index >= 15 is 0 Å². The highest BCUT2D eigenvalue weighted by atomic mass is 35.5. The first kappa shape index (κ1) is 20.5. The van der Waals surface area contributed by atoms with Crippen molar-refractivity contribution in [2.75, 3.05) is 50.6 Å². The summed E-state index contributed by atoms with van der Waals surface area (Å²) in [4.78, 5) is 19.1. The fraction of sp³-hybridized carbons (Fsp3) is 0.333. The van der Waals surface area contributed by atoms with Crippen molar-refractivity contribution >= 4 is 39.0 Å². The number of carbonyl (C=O) groups excluding carboxylic acids is 1. The Morgan fingerprint density at radius 3 is 2.54 bits per heavy atom. The average Bonchev–Trinajstić information content (AvgIpc) is 2.69. The molecule has 1 aliphatic rings. The molecule has 8 nitrogen and oxygen atoms in total. The summed E-state index contributed by atoms with van der Waals surface area (Å²) in [6.45, 7) is 2.30. The number of hydrogen-bond donors (Lipinski definition) is 1. The van der Waals surface area contributed by atoms with Gasteiger partial charge < -0.3 is 15.0 Å². The molecule has 0 bridgehead atoms. The lowest BCUT2D eigenvalue weighted by Gasteiger charge is -2.30. The van der Waals surface area contributed by atoms with Crippen molar-refractivity contribution in [3.05, 3.63) is 47.1 Å². The zero-order valence-corrected chi connectivity index (χ0v) is 17.1. The Morgan fingerprint density at radius 2 is 1.93 bits per heavy atom. The Bertz CT molecular complexity index is 958. The van der Waals surface area contributed by atoms with E-state index in [0.29, 0.717) is 42.8 Å². The number of nitrogens with zero attached hydrogens (tertiary/aromatic N) is 3. The third-order valence-corrected chi connectivity index (χ3v) is 6.35. The first-order chi connectivity index (χ1) is 13.3. The molecule has 1 fully saturated rings. The number of hydrogen-bond acceptors (Lipinski definition) is 6. The molecule has 10 heteroatoms. The van der Waals surface area contributed by atoms with Crippen molar-refractivity contribution in [1.29, 1.82) is 0 Å². The summed E-state index contributed by atoms with van der Waals surface area (Å²) in [6.07, 6.45) is 1.42. The van der Waals surface area contributed by atoms with Crippen LogP contribution in [-0.2, 0) is 14.8 Å². The van der Waals surface area contributed by atoms with E-state index in [1.807, 2.05) is 4.90 Å². The van der Waals surface area contributed by atoms with Gasteiger partial charge in [0, 0.05) is 39.1 Å². The lowest BCUT2D eigenvalue weighted by atomic mass is 10.1. The first-order valence-corrected chi connectivity index (χ1v) is 10.4. The second kappa shape index (κ2) is 8.44. The molecule has 150 valence electrons. The van der Waals surface area contributed by atoms with E-state index < -0.39 is 15.9 Å². The maximum Gasteiger partial charge on any atom is 0.258 e. The molecule has 0 aliphatic carbocycles. The second-order valence-electron chi connectivity index (χ2n) is 6.38. The molecule has 1 aromatic carbocycles. The summed E-state index contributed by atoms with van der Waals surface area (Å²) in [6, 6.07) is 7.75. The van der Waals surface area contributed by atoms with Gasteiger partial charge in [0.2, 0.25) is 10.0 Å². The van der Waals surface area contributed by atoms with Crippen LogP contribution in [0.25, 0.3) is 0 Å². The van der Waals surface area contributed by atoms with Crippen molar-refractivity contribution in [3.63, 3.8) is 0 Å². The molecule has 3 rings (SSSR count). The van der Waals surface area contributed by atoms with Gasteiger partial charge in [-0.05, 0) is 30.3 Å². The van der Waals surface area contributed by atoms with Crippen molar-refractivity contribution in [2.45, 2.75) is 4.90 Å². The van der Waals surface area contributed by atoms with Crippen LogP contribution in [0.1, 0.15) is 10.4 Å². The lowest BCUT2D eigenvalue weighted by molar-refractivity contribution is 0.102. The summed E-state index contributed by atoms with van der Waals surface area (Å²) < 4.78 is 31.5. The lowest BCUT2D eigenvalue weighted by Crippen LogP contribution is -2.37. The molecular weight excluding hydrogens is 404 g/mol. The zero-order valence-electron chi connectivity index (χ0n) is 15.6. The number of morpholine rings is 1. The van der Waals surface area contributed by atoms with E-state index in [1.54, 1.807) is 18.2 Å². The molecule has 0 radical (unpaired) electrons. The van der Waals surface area contributed by atoms with Crippen molar-refractivity contribution in [1.82, 2.24) is 9.29 Å². The minimum atomic E-state index is -3.68. The average molecular weight is 425 g/mol.